The van der Waals surface area contributed by atoms with Crippen molar-refractivity contribution in [1.29, 1.82) is 0 Å². The Hall–Kier alpha value is -2.19. The standard InChI is InChI=1S/C18H23ClN4O4/c19-14-4-5-15(16(12-14)23(26)27)18(25)22-10-8-20(9-11-22)13-17(24)21-6-2-1-3-7-21/h4-5,12H,1-3,6-11,13H2. The minimum atomic E-state index is -0.591. The maximum absolute atomic E-state index is 12.7. The summed E-state index contributed by atoms with van der Waals surface area (Å²) in [6.45, 7) is 4.05. The predicted molar refractivity (Wildman–Crippen MR) is 101 cm³/mol. The van der Waals surface area contributed by atoms with Gasteiger partial charge in [-0.05, 0) is 31.4 Å². The molecular weight excluding hydrogens is 372 g/mol. The Labute approximate surface area is 162 Å². The van der Waals surface area contributed by atoms with E-state index in [4.69, 9.17) is 11.6 Å². The first-order valence-electron chi connectivity index (χ1n) is 9.19. The SMILES string of the molecule is O=C(CN1CCN(C(=O)c2ccc(Cl)cc2[N+](=O)[O-])CC1)N1CCCCC1. The number of carbonyl (C=O) groups excluding carboxylic acids is 2. The number of carbonyl (C=O) groups is 2. The van der Waals surface area contributed by atoms with Gasteiger partial charge in [-0.25, -0.2) is 0 Å². The highest BCUT2D eigenvalue weighted by molar-refractivity contribution is 6.31. The lowest BCUT2D eigenvalue weighted by molar-refractivity contribution is -0.385. The Morgan fingerprint density at radius 2 is 1.67 bits per heavy atom. The van der Waals surface area contributed by atoms with E-state index in [2.05, 4.69) is 0 Å². The second-order valence-electron chi connectivity index (χ2n) is 6.93. The van der Waals surface area contributed by atoms with Gasteiger partial charge in [0.15, 0.2) is 0 Å². The van der Waals surface area contributed by atoms with Crippen molar-refractivity contribution in [1.82, 2.24) is 14.7 Å². The lowest BCUT2D eigenvalue weighted by Gasteiger charge is -2.36. The Kier molecular flexibility index (Phi) is 6.28. The molecule has 0 spiro atoms. The number of nitro groups is 1. The van der Waals surface area contributed by atoms with E-state index >= 15 is 0 Å². The molecule has 2 aliphatic rings. The highest BCUT2D eigenvalue weighted by Crippen LogP contribution is 2.25. The summed E-state index contributed by atoms with van der Waals surface area (Å²) in [5, 5.41) is 11.4. The van der Waals surface area contributed by atoms with Crippen LogP contribution in [0, 0.1) is 10.1 Å². The smallest absolute Gasteiger partial charge is 0.283 e. The molecule has 1 aromatic rings. The summed E-state index contributed by atoms with van der Waals surface area (Å²) in [5.41, 5.74) is -0.238. The van der Waals surface area contributed by atoms with E-state index in [1.807, 2.05) is 9.80 Å². The van der Waals surface area contributed by atoms with Crippen molar-refractivity contribution in [3.63, 3.8) is 0 Å². The minimum Gasteiger partial charge on any atom is -0.342 e. The van der Waals surface area contributed by atoms with E-state index < -0.39 is 4.92 Å². The van der Waals surface area contributed by atoms with Crippen LogP contribution in [0.15, 0.2) is 18.2 Å². The van der Waals surface area contributed by atoms with Gasteiger partial charge in [0.05, 0.1) is 11.5 Å². The number of rotatable bonds is 4. The van der Waals surface area contributed by atoms with Gasteiger partial charge in [-0.3, -0.25) is 24.6 Å². The average Bonchev–Trinajstić information content (AvgIpc) is 2.68. The second-order valence-corrected chi connectivity index (χ2v) is 7.36. The molecule has 0 radical (unpaired) electrons. The number of nitrogens with zero attached hydrogens (tertiary/aromatic N) is 4. The third kappa shape index (κ3) is 4.75. The van der Waals surface area contributed by atoms with Crippen LogP contribution in [-0.2, 0) is 4.79 Å². The average molecular weight is 395 g/mol. The summed E-state index contributed by atoms with van der Waals surface area (Å²) >= 11 is 5.81. The van der Waals surface area contributed by atoms with E-state index in [1.165, 1.54) is 24.6 Å². The van der Waals surface area contributed by atoms with Gasteiger partial charge < -0.3 is 9.80 Å². The van der Waals surface area contributed by atoms with Crippen LogP contribution in [0.5, 0.6) is 0 Å². The molecule has 0 saturated carbocycles. The Bertz CT molecular complexity index is 728. The van der Waals surface area contributed by atoms with Crippen LogP contribution in [0.25, 0.3) is 0 Å². The summed E-state index contributed by atoms with van der Waals surface area (Å²) in [7, 11) is 0. The van der Waals surface area contributed by atoms with Crippen LogP contribution < -0.4 is 0 Å². The molecule has 3 rings (SSSR count). The molecule has 1 aromatic carbocycles. The van der Waals surface area contributed by atoms with Gasteiger partial charge >= 0.3 is 0 Å². The largest absolute Gasteiger partial charge is 0.342 e. The van der Waals surface area contributed by atoms with Crippen molar-refractivity contribution in [3.8, 4) is 0 Å². The maximum atomic E-state index is 12.7. The lowest BCUT2D eigenvalue weighted by atomic mass is 10.1. The molecule has 2 heterocycles. The number of amides is 2. The fraction of sp³-hybridized carbons (Fsp3) is 0.556. The number of hydrogen-bond donors (Lipinski definition) is 0. The highest BCUT2D eigenvalue weighted by Gasteiger charge is 2.29. The molecule has 27 heavy (non-hydrogen) atoms. The molecular formula is C18H23ClN4O4. The van der Waals surface area contributed by atoms with Gasteiger partial charge in [0.25, 0.3) is 11.6 Å². The Balaban J connectivity index is 1.57. The Morgan fingerprint density at radius 1 is 1.00 bits per heavy atom. The fourth-order valence-electron chi connectivity index (χ4n) is 3.55. The molecule has 2 saturated heterocycles. The molecule has 146 valence electrons. The topological polar surface area (TPSA) is 87.0 Å². The van der Waals surface area contributed by atoms with E-state index in [9.17, 15) is 19.7 Å². The third-order valence-electron chi connectivity index (χ3n) is 5.11. The maximum Gasteiger partial charge on any atom is 0.283 e. The number of benzene rings is 1. The van der Waals surface area contributed by atoms with Crippen LogP contribution in [0.2, 0.25) is 5.02 Å². The zero-order valence-electron chi connectivity index (χ0n) is 15.1. The molecule has 0 aliphatic carbocycles. The van der Waals surface area contributed by atoms with Gasteiger partial charge in [-0.1, -0.05) is 11.6 Å². The summed E-state index contributed by atoms with van der Waals surface area (Å²) in [6, 6.07) is 4.08. The minimum absolute atomic E-state index is 0.0437. The van der Waals surface area contributed by atoms with Crippen molar-refractivity contribution in [3.05, 3.63) is 38.9 Å². The van der Waals surface area contributed by atoms with Crippen molar-refractivity contribution in [2.45, 2.75) is 19.3 Å². The first kappa shape index (κ1) is 19.6. The van der Waals surface area contributed by atoms with Crippen molar-refractivity contribution >= 4 is 29.1 Å². The monoisotopic (exact) mass is 394 g/mol. The summed E-state index contributed by atoms with van der Waals surface area (Å²) < 4.78 is 0. The number of likely N-dealkylation sites (tertiary alicyclic amines) is 1. The number of halogens is 1. The van der Waals surface area contributed by atoms with E-state index in [0.29, 0.717) is 32.7 Å². The molecule has 0 aromatic heterocycles. The molecule has 0 bridgehead atoms. The molecule has 2 aliphatic heterocycles. The first-order valence-corrected chi connectivity index (χ1v) is 9.57. The zero-order chi connectivity index (χ0) is 19.4. The number of piperazine rings is 1. The molecule has 2 fully saturated rings. The lowest BCUT2D eigenvalue weighted by Crippen LogP contribution is -2.52. The van der Waals surface area contributed by atoms with Crippen molar-refractivity contribution in [2.24, 2.45) is 0 Å². The predicted octanol–water partition coefficient (Wildman–Crippen LogP) is 2.02. The quantitative estimate of drug-likeness (QED) is 0.576. The van der Waals surface area contributed by atoms with Crippen LogP contribution in [0.4, 0.5) is 5.69 Å². The van der Waals surface area contributed by atoms with Crippen LogP contribution in [0.3, 0.4) is 0 Å². The van der Waals surface area contributed by atoms with Crippen molar-refractivity contribution in [2.75, 3.05) is 45.8 Å². The summed E-state index contributed by atoms with van der Waals surface area (Å²) in [6.07, 6.45) is 3.31. The summed E-state index contributed by atoms with van der Waals surface area (Å²) in [5.74, 6) is -0.233. The molecule has 2 amide bonds. The Morgan fingerprint density at radius 3 is 2.30 bits per heavy atom. The van der Waals surface area contributed by atoms with Gasteiger partial charge in [-0.2, -0.15) is 0 Å². The first-order chi connectivity index (χ1) is 13.0. The van der Waals surface area contributed by atoms with Crippen LogP contribution in [0.1, 0.15) is 29.6 Å². The number of nitro benzene ring substituents is 1. The molecule has 9 heteroatoms. The summed E-state index contributed by atoms with van der Waals surface area (Å²) in [4.78, 5) is 41.2. The van der Waals surface area contributed by atoms with Gasteiger partial charge in [0.1, 0.15) is 5.56 Å². The fourth-order valence-corrected chi connectivity index (χ4v) is 3.72. The molecule has 8 nitrogen and oxygen atoms in total. The highest BCUT2D eigenvalue weighted by atomic mass is 35.5. The third-order valence-corrected chi connectivity index (χ3v) is 5.35. The molecule has 0 unspecified atom stereocenters. The van der Waals surface area contributed by atoms with Gasteiger partial charge in [0.2, 0.25) is 5.91 Å². The van der Waals surface area contributed by atoms with Crippen molar-refractivity contribution < 1.29 is 14.5 Å². The molecule has 0 atom stereocenters. The van der Waals surface area contributed by atoms with Crippen LogP contribution in [-0.4, -0.2) is 77.3 Å². The second kappa shape index (κ2) is 8.67. The molecule has 0 N–H and O–H groups in total. The zero-order valence-corrected chi connectivity index (χ0v) is 15.9. The van der Waals surface area contributed by atoms with E-state index in [0.717, 1.165) is 25.9 Å². The number of piperidine rings is 1. The van der Waals surface area contributed by atoms with E-state index in [1.54, 1.807) is 4.90 Å². The van der Waals surface area contributed by atoms with Crippen LogP contribution >= 0.6 is 11.6 Å². The van der Waals surface area contributed by atoms with Gasteiger partial charge in [-0.15, -0.1) is 0 Å². The number of hydrogen-bond acceptors (Lipinski definition) is 5. The van der Waals surface area contributed by atoms with Gasteiger partial charge in [0, 0.05) is 50.4 Å². The van der Waals surface area contributed by atoms with E-state index in [-0.39, 0.29) is 28.1 Å². The normalized spacial score (nSPS) is 18.4.